The summed E-state index contributed by atoms with van der Waals surface area (Å²) in [5.74, 6) is -1.60. The maximum atomic E-state index is 11.9. The van der Waals surface area contributed by atoms with Crippen LogP contribution in [0.3, 0.4) is 0 Å². The molecule has 1 rings (SSSR count). The summed E-state index contributed by atoms with van der Waals surface area (Å²) in [7, 11) is 0. The average Bonchev–Trinajstić information content (AvgIpc) is 2.34. The Morgan fingerprint density at radius 1 is 0.882 bits per heavy atom. The van der Waals surface area contributed by atoms with Gasteiger partial charge in [0.15, 0.2) is 11.6 Å². The monoisotopic (exact) mass is 244 g/mol. The number of rotatable bonds is 6. The Balaban J connectivity index is 0.000000302. The third-order valence-electron chi connectivity index (χ3n) is 2.11. The molecule has 0 aromatic heterocycles. The van der Waals surface area contributed by atoms with Gasteiger partial charge in [0.2, 0.25) is 0 Å². The van der Waals surface area contributed by atoms with Crippen LogP contribution in [0, 0.1) is 11.6 Å². The van der Waals surface area contributed by atoms with Crippen molar-refractivity contribution < 1.29 is 13.5 Å². The molecule has 1 nitrogen and oxygen atoms in total. The Labute approximate surface area is 103 Å². The second kappa shape index (κ2) is 11.5. The van der Waals surface area contributed by atoms with Crippen molar-refractivity contribution in [2.45, 2.75) is 39.5 Å². The number of unbranched alkanes of at least 4 members (excludes halogenated alkanes) is 2. The average molecular weight is 244 g/mol. The second-order valence-electron chi connectivity index (χ2n) is 3.73. The zero-order valence-electron chi connectivity index (χ0n) is 10.7. The lowest BCUT2D eigenvalue weighted by Crippen LogP contribution is -1.95. The molecule has 0 spiro atoms. The predicted molar refractivity (Wildman–Crippen MR) is 67.0 cm³/mol. The third kappa shape index (κ3) is 9.94. The highest BCUT2D eigenvalue weighted by atomic mass is 19.2. The van der Waals surface area contributed by atoms with E-state index in [0.29, 0.717) is 0 Å². The van der Waals surface area contributed by atoms with Gasteiger partial charge in [0, 0.05) is 13.2 Å². The van der Waals surface area contributed by atoms with Gasteiger partial charge in [-0.3, -0.25) is 0 Å². The van der Waals surface area contributed by atoms with Crippen LogP contribution in [0.2, 0.25) is 0 Å². The smallest absolute Gasteiger partial charge is 0.158 e. The second-order valence-corrected chi connectivity index (χ2v) is 3.73. The summed E-state index contributed by atoms with van der Waals surface area (Å²) < 4.78 is 29.2. The zero-order chi connectivity index (χ0) is 12.9. The largest absolute Gasteiger partial charge is 0.381 e. The Bertz CT molecular complexity index is 250. The Morgan fingerprint density at radius 2 is 1.29 bits per heavy atom. The molecule has 0 radical (unpaired) electrons. The highest BCUT2D eigenvalue weighted by Gasteiger charge is 1.93. The Morgan fingerprint density at radius 3 is 1.59 bits per heavy atom. The van der Waals surface area contributed by atoms with Gasteiger partial charge < -0.3 is 4.74 Å². The maximum Gasteiger partial charge on any atom is 0.158 e. The summed E-state index contributed by atoms with van der Waals surface area (Å²) in [5, 5.41) is 0. The number of hydrogen-bond acceptors (Lipinski definition) is 1. The van der Waals surface area contributed by atoms with Crippen molar-refractivity contribution in [3.8, 4) is 0 Å². The predicted octanol–water partition coefficient (Wildman–Crippen LogP) is 4.57. The molecule has 1 aromatic rings. The Hall–Kier alpha value is -0.960. The SMILES string of the molecule is CCCCOCCCC.Fc1ccccc1F. The fraction of sp³-hybridized carbons (Fsp3) is 0.571. The minimum absolute atomic E-state index is 0.799. The van der Waals surface area contributed by atoms with Gasteiger partial charge in [0.05, 0.1) is 0 Å². The van der Waals surface area contributed by atoms with Crippen LogP contribution in [0.5, 0.6) is 0 Å². The van der Waals surface area contributed by atoms with E-state index >= 15 is 0 Å². The standard InChI is InChI=1S/C8H18O.C6H4F2/c1-3-5-7-9-8-6-4-2;7-5-3-1-2-4-6(5)8/h3-8H2,1-2H3;1-4H. The van der Waals surface area contributed by atoms with Gasteiger partial charge in [-0.1, -0.05) is 38.8 Å². The molecule has 0 aliphatic carbocycles. The molecule has 0 aliphatic heterocycles. The normalized spacial score (nSPS) is 9.65. The first-order valence-corrected chi connectivity index (χ1v) is 6.20. The summed E-state index contributed by atoms with van der Waals surface area (Å²) >= 11 is 0. The van der Waals surface area contributed by atoms with Crippen LogP contribution >= 0.6 is 0 Å². The maximum absolute atomic E-state index is 11.9. The van der Waals surface area contributed by atoms with Crippen molar-refractivity contribution in [2.75, 3.05) is 13.2 Å². The molecule has 0 amide bonds. The van der Waals surface area contributed by atoms with Crippen molar-refractivity contribution in [1.82, 2.24) is 0 Å². The van der Waals surface area contributed by atoms with E-state index in [2.05, 4.69) is 13.8 Å². The van der Waals surface area contributed by atoms with Crippen molar-refractivity contribution in [3.63, 3.8) is 0 Å². The van der Waals surface area contributed by atoms with Gasteiger partial charge in [-0.25, -0.2) is 8.78 Å². The molecular weight excluding hydrogens is 222 g/mol. The van der Waals surface area contributed by atoms with Crippen LogP contribution in [0.15, 0.2) is 24.3 Å². The fourth-order valence-electron chi connectivity index (χ4n) is 1.03. The van der Waals surface area contributed by atoms with E-state index in [-0.39, 0.29) is 0 Å². The molecule has 0 unspecified atom stereocenters. The Kier molecular flexibility index (Phi) is 10.9. The number of halogens is 2. The molecule has 0 saturated carbocycles. The third-order valence-corrected chi connectivity index (χ3v) is 2.11. The van der Waals surface area contributed by atoms with E-state index < -0.39 is 11.6 Å². The van der Waals surface area contributed by atoms with Gasteiger partial charge >= 0.3 is 0 Å². The number of benzene rings is 1. The van der Waals surface area contributed by atoms with Crippen molar-refractivity contribution >= 4 is 0 Å². The van der Waals surface area contributed by atoms with Gasteiger partial charge in [-0.05, 0) is 25.0 Å². The minimum atomic E-state index is -0.799. The van der Waals surface area contributed by atoms with Crippen LogP contribution < -0.4 is 0 Å². The first-order valence-electron chi connectivity index (χ1n) is 6.20. The molecule has 0 aliphatic rings. The molecule has 0 saturated heterocycles. The number of ether oxygens (including phenoxy) is 1. The molecule has 1 aromatic carbocycles. The fourth-order valence-corrected chi connectivity index (χ4v) is 1.03. The van der Waals surface area contributed by atoms with Gasteiger partial charge in [0.25, 0.3) is 0 Å². The van der Waals surface area contributed by atoms with Crippen LogP contribution in [0.4, 0.5) is 8.78 Å². The van der Waals surface area contributed by atoms with Crippen LogP contribution in [0.25, 0.3) is 0 Å². The molecule has 0 heterocycles. The van der Waals surface area contributed by atoms with E-state index in [1.165, 1.54) is 37.8 Å². The molecule has 98 valence electrons. The summed E-state index contributed by atoms with van der Waals surface area (Å²) in [4.78, 5) is 0. The summed E-state index contributed by atoms with van der Waals surface area (Å²) in [6.45, 7) is 6.28. The van der Waals surface area contributed by atoms with E-state index in [1.807, 2.05) is 0 Å². The lowest BCUT2D eigenvalue weighted by molar-refractivity contribution is 0.128. The van der Waals surface area contributed by atoms with Crippen LogP contribution in [-0.4, -0.2) is 13.2 Å². The molecule has 0 atom stereocenters. The molecule has 0 N–H and O–H groups in total. The first-order chi connectivity index (χ1) is 8.22. The van der Waals surface area contributed by atoms with Crippen LogP contribution in [-0.2, 0) is 4.74 Å². The quantitative estimate of drug-likeness (QED) is 0.666. The molecule has 0 bridgehead atoms. The van der Waals surface area contributed by atoms with E-state index in [0.717, 1.165) is 25.3 Å². The topological polar surface area (TPSA) is 9.23 Å². The lowest BCUT2D eigenvalue weighted by atomic mass is 10.3. The van der Waals surface area contributed by atoms with Crippen LogP contribution in [0.1, 0.15) is 39.5 Å². The number of hydrogen-bond donors (Lipinski definition) is 0. The highest BCUT2D eigenvalue weighted by Crippen LogP contribution is 2.01. The molecule has 0 fully saturated rings. The lowest BCUT2D eigenvalue weighted by Gasteiger charge is -1.99. The summed E-state index contributed by atoms with van der Waals surface area (Å²) in [5.41, 5.74) is 0. The van der Waals surface area contributed by atoms with Gasteiger partial charge in [-0.2, -0.15) is 0 Å². The van der Waals surface area contributed by atoms with Crippen molar-refractivity contribution in [2.24, 2.45) is 0 Å². The summed E-state index contributed by atoms with van der Waals surface area (Å²) in [6, 6.07) is 5.04. The van der Waals surface area contributed by atoms with Gasteiger partial charge in [-0.15, -0.1) is 0 Å². The van der Waals surface area contributed by atoms with Gasteiger partial charge in [0.1, 0.15) is 0 Å². The molecule has 3 heteroatoms. The minimum Gasteiger partial charge on any atom is -0.381 e. The van der Waals surface area contributed by atoms with E-state index in [1.54, 1.807) is 0 Å². The van der Waals surface area contributed by atoms with E-state index in [4.69, 9.17) is 4.74 Å². The summed E-state index contributed by atoms with van der Waals surface area (Å²) in [6.07, 6.45) is 4.91. The van der Waals surface area contributed by atoms with Crippen molar-refractivity contribution in [1.29, 1.82) is 0 Å². The highest BCUT2D eigenvalue weighted by molar-refractivity contribution is 5.05. The molecule has 17 heavy (non-hydrogen) atoms. The first kappa shape index (κ1) is 16.0. The molecular formula is C14H22F2O. The zero-order valence-corrected chi connectivity index (χ0v) is 10.7. The van der Waals surface area contributed by atoms with E-state index in [9.17, 15) is 8.78 Å². The van der Waals surface area contributed by atoms with Crippen molar-refractivity contribution in [3.05, 3.63) is 35.9 Å².